The molecule has 0 spiro atoms. The van der Waals surface area contributed by atoms with Crippen molar-refractivity contribution >= 4 is 17.2 Å². The van der Waals surface area contributed by atoms with Gasteiger partial charge in [0.2, 0.25) is 5.91 Å². The number of hydrogen-bond acceptors (Lipinski definition) is 5. The van der Waals surface area contributed by atoms with Crippen molar-refractivity contribution in [2.24, 2.45) is 0 Å². The molecule has 1 atom stereocenters. The third kappa shape index (κ3) is 4.88. The van der Waals surface area contributed by atoms with Gasteiger partial charge in [-0.1, -0.05) is 12.1 Å². The molecule has 0 aromatic carbocycles. The lowest BCUT2D eigenvalue weighted by atomic mass is 10.2. The Labute approximate surface area is 169 Å². The maximum atomic E-state index is 12.9. The number of pyridine rings is 1. The summed E-state index contributed by atoms with van der Waals surface area (Å²) in [7, 11) is 0. The average Bonchev–Trinajstić information content (AvgIpc) is 3.48. The molecule has 4 rings (SSSR count). The van der Waals surface area contributed by atoms with E-state index in [9.17, 15) is 4.79 Å². The molecular weight excluding hydrogens is 372 g/mol. The van der Waals surface area contributed by atoms with Crippen LogP contribution in [0.25, 0.3) is 10.6 Å². The van der Waals surface area contributed by atoms with Gasteiger partial charge in [0.05, 0.1) is 23.2 Å². The van der Waals surface area contributed by atoms with E-state index in [4.69, 9.17) is 9.15 Å². The van der Waals surface area contributed by atoms with E-state index in [0.717, 1.165) is 41.5 Å². The molecule has 28 heavy (non-hydrogen) atoms. The molecule has 146 valence electrons. The van der Waals surface area contributed by atoms with Crippen molar-refractivity contribution in [3.05, 3.63) is 65.5 Å². The molecule has 0 radical (unpaired) electrons. The third-order valence-electron chi connectivity index (χ3n) is 4.89. The standard InChI is InChI=1S/C22H24N2O3S/c25-22(11-9-18-8-10-20(27-18)21-7-4-14-28-21)24(16-19-6-3-13-26-19)15-17-5-1-2-12-23-17/h1-2,4-5,7-8,10,12,14,19H,3,6,9,11,13,15-16H2. The van der Waals surface area contributed by atoms with Gasteiger partial charge in [-0.05, 0) is 48.6 Å². The first-order valence-corrected chi connectivity index (χ1v) is 10.6. The number of hydrogen-bond donors (Lipinski definition) is 0. The normalized spacial score (nSPS) is 16.4. The maximum Gasteiger partial charge on any atom is 0.223 e. The average molecular weight is 397 g/mol. The summed E-state index contributed by atoms with van der Waals surface area (Å²) in [5.74, 6) is 1.81. The number of amides is 1. The lowest BCUT2D eigenvalue weighted by Gasteiger charge is -2.25. The molecule has 3 aromatic heterocycles. The van der Waals surface area contributed by atoms with Crippen molar-refractivity contribution < 1.29 is 13.9 Å². The van der Waals surface area contributed by atoms with E-state index in [1.807, 2.05) is 52.7 Å². The number of aromatic nitrogens is 1. The molecule has 3 aromatic rings. The number of carbonyl (C=O) groups excluding carboxylic acids is 1. The molecule has 0 bridgehead atoms. The Morgan fingerprint density at radius 2 is 2.18 bits per heavy atom. The quantitative estimate of drug-likeness (QED) is 0.561. The van der Waals surface area contributed by atoms with Crippen LogP contribution in [-0.2, 0) is 22.5 Å². The number of aryl methyl sites for hydroxylation is 1. The zero-order valence-electron chi connectivity index (χ0n) is 15.8. The van der Waals surface area contributed by atoms with Gasteiger partial charge in [-0.25, -0.2) is 0 Å². The van der Waals surface area contributed by atoms with Gasteiger partial charge in [0.25, 0.3) is 0 Å². The Balaban J connectivity index is 1.38. The predicted octanol–water partition coefficient (Wildman–Crippen LogP) is 4.54. The molecule has 6 heteroatoms. The van der Waals surface area contributed by atoms with Gasteiger partial charge >= 0.3 is 0 Å². The van der Waals surface area contributed by atoms with Crippen LogP contribution in [0.3, 0.4) is 0 Å². The second-order valence-corrected chi connectivity index (χ2v) is 7.92. The summed E-state index contributed by atoms with van der Waals surface area (Å²) in [5, 5.41) is 2.03. The van der Waals surface area contributed by atoms with E-state index in [1.165, 1.54) is 0 Å². The Morgan fingerprint density at radius 3 is 2.93 bits per heavy atom. The molecule has 4 heterocycles. The molecule has 1 unspecified atom stereocenters. The van der Waals surface area contributed by atoms with Crippen LogP contribution in [0.4, 0.5) is 0 Å². The van der Waals surface area contributed by atoms with Gasteiger partial charge in [-0.15, -0.1) is 11.3 Å². The second-order valence-electron chi connectivity index (χ2n) is 6.97. The summed E-state index contributed by atoms with van der Waals surface area (Å²) in [6.07, 6.45) is 4.97. The molecule has 1 aliphatic rings. The van der Waals surface area contributed by atoms with Crippen molar-refractivity contribution in [3.8, 4) is 10.6 Å². The Morgan fingerprint density at radius 1 is 1.21 bits per heavy atom. The molecule has 0 aliphatic carbocycles. The highest BCUT2D eigenvalue weighted by atomic mass is 32.1. The fraction of sp³-hybridized carbons (Fsp3) is 0.364. The topological polar surface area (TPSA) is 55.6 Å². The molecule has 1 saturated heterocycles. The maximum absolute atomic E-state index is 12.9. The Kier molecular flexibility index (Phi) is 6.19. The summed E-state index contributed by atoms with van der Waals surface area (Å²) in [5.41, 5.74) is 0.895. The highest BCUT2D eigenvalue weighted by Gasteiger charge is 2.23. The minimum absolute atomic E-state index is 0.107. The highest BCUT2D eigenvalue weighted by Crippen LogP contribution is 2.27. The number of rotatable bonds is 8. The predicted molar refractivity (Wildman–Crippen MR) is 109 cm³/mol. The van der Waals surface area contributed by atoms with Crippen molar-refractivity contribution in [1.29, 1.82) is 0 Å². The van der Waals surface area contributed by atoms with Crippen LogP contribution in [0.2, 0.25) is 0 Å². The van der Waals surface area contributed by atoms with Crippen molar-refractivity contribution in [1.82, 2.24) is 9.88 Å². The minimum atomic E-state index is 0.107. The minimum Gasteiger partial charge on any atom is -0.460 e. The van der Waals surface area contributed by atoms with Crippen molar-refractivity contribution in [3.63, 3.8) is 0 Å². The summed E-state index contributed by atoms with van der Waals surface area (Å²) in [6, 6.07) is 13.8. The first kappa shape index (κ1) is 18.9. The summed E-state index contributed by atoms with van der Waals surface area (Å²) in [4.78, 5) is 20.3. The Bertz CT molecular complexity index is 870. The van der Waals surface area contributed by atoms with Crippen LogP contribution in [0.5, 0.6) is 0 Å². The first-order valence-electron chi connectivity index (χ1n) is 9.70. The molecule has 1 aliphatic heterocycles. The van der Waals surface area contributed by atoms with Crippen molar-refractivity contribution in [2.45, 2.75) is 38.3 Å². The summed E-state index contributed by atoms with van der Waals surface area (Å²) < 4.78 is 11.7. The second kappa shape index (κ2) is 9.17. The third-order valence-corrected chi connectivity index (χ3v) is 5.78. The number of ether oxygens (including phenoxy) is 1. The lowest BCUT2D eigenvalue weighted by molar-refractivity contribution is -0.133. The van der Waals surface area contributed by atoms with Crippen LogP contribution in [-0.4, -0.2) is 35.0 Å². The van der Waals surface area contributed by atoms with Gasteiger partial charge in [-0.2, -0.15) is 0 Å². The van der Waals surface area contributed by atoms with Gasteiger partial charge in [0.15, 0.2) is 0 Å². The van der Waals surface area contributed by atoms with Gasteiger partial charge in [0, 0.05) is 32.2 Å². The molecule has 1 amide bonds. The molecule has 0 N–H and O–H groups in total. The molecular formula is C22H24N2O3S. The molecule has 5 nitrogen and oxygen atoms in total. The van der Waals surface area contributed by atoms with E-state index >= 15 is 0 Å². The Hall–Kier alpha value is -2.44. The summed E-state index contributed by atoms with van der Waals surface area (Å²) >= 11 is 1.65. The van der Waals surface area contributed by atoms with Crippen LogP contribution >= 0.6 is 11.3 Å². The van der Waals surface area contributed by atoms with Gasteiger partial charge in [0.1, 0.15) is 11.5 Å². The van der Waals surface area contributed by atoms with E-state index in [-0.39, 0.29) is 12.0 Å². The van der Waals surface area contributed by atoms with E-state index in [0.29, 0.717) is 25.9 Å². The van der Waals surface area contributed by atoms with Crippen LogP contribution in [0.15, 0.2) is 58.5 Å². The van der Waals surface area contributed by atoms with Gasteiger partial charge in [-0.3, -0.25) is 9.78 Å². The fourth-order valence-electron chi connectivity index (χ4n) is 3.43. The van der Waals surface area contributed by atoms with E-state index in [2.05, 4.69) is 4.98 Å². The zero-order chi connectivity index (χ0) is 19.2. The smallest absolute Gasteiger partial charge is 0.223 e. The highest BCUT2D eigenvalue weighted by molar-refractivity contribution is 7.13. The monoisotopic (exact) mass is 396 g/mol. The van der Waals surface area contributed by atoms with Crippen LogP contribution in [0, 0.1) is 0 Å². The van der Waals surface area contributed by atoms with Gasteiger partial charge < -0.3 is 14.1 Å². The number of nitrogens with zero attached hydrogens (tertiary/aromatic N) is 2. The fourth-order valence-corrected chi connectivity index (χ4v) is 4.11. The van der Waals surface area contributed by atoms with Crippen LogP contribution < -0.4 is 0 Å². The van der Waals surface area contributed by atoms with E-state index in [1.54, 1.807) is 17.5 Å². The number of thiophene rings is 1. The largest absolute Gasteiger partial charge is 0.460 e. The number of furan rings is 1. The van der Waals surface area contributed by atoms with E-state index < -0.39 is 0 Å². The number of carbonyl (C=O) groups is 1. The summed E-state index contributed by atoms with van der Waals surface area (Å²) in [6.45, 7) is 1.92. The SMILES string of the molecule is O=C(CCc1ccc(-c2cccs2)o1)N(Cc1ccccn1)CC1CCCO1. The molecule has 1 fully saturated rings. The zero-order valence-corrected chi connectivity index (χ0v) is 16.6. The first-order chi connectivity index (χ1) is 13.8. The van der Waals surface area contributed by atoms with Crippen molar-refractivity contribution in [2.75, 3.05) is 13.2 Å². The molecule has 0 saturated carbocycles. The lowest BCUT2D eigenvalue weighted by Crippen LogP contribution is -2.37. The van der Waals surface area contributed by atoms with Crippen LogP contribution in [0.1, 0.15) is 30.7 Å².